The third-order valence-electron chi connectivity index (χ3n) is 3.00. The van der Waals surface area contributed by atoms with E-state index in [2.05, 4.69) is 19.9 Å². The Hall–Kier alpha value is -1.67. The standard InChI is InChI=1S/C16H18ClNO/c1-11(2)14-5-3-4-6-16(14)19-10-12-7-8-13(18)9-15(12)17/h3-9,11H,10,18H2,1-2H3. The van der Waals surface area contributed by atoms with Crippen molar-refractivity contribution in [3.8, 4) is 5.75 Å². The lowest BCUT2D eigenvalue weighted by atomic mass is 10.0. The summed E-state index contributed by atoms with van der Waals surface area (Å²) >= 11 is 6.14. The Kier molecular flexibility index (Phi) is 4.33. The summed E-state index contributed by atoms with van der Waals surface area (Å²) in [6.45, 7) is 4.75. The molecule has 0 spiro atoms. The number of anilines is 1. The summed E-state index contributed by atoms with van der Waals surface area (Å²) in [5.41, 5.74) is 8.48. The van der Waals surface area contributed by atoms with Crippen molar-refractivity contribution in [3.63, 3.8) is 0 Å². The Morgan fingerprint density at radius 1 is 1.16 bits per heavy atom. The molecule has 2 aromatic carbocycles. The zero-order valence-corrected chi connectivity index (χ0v) is 11.9. The zero-order valence-electron chi connectivity index (χ0n) is 11.2. The quantitative estimate of drug-likeness (QED) is 0.826. The maximum absolute atomic E-state index is 6.14. The monoisotopic (exact) mass is 275 g/mol. The third kappa shape index (κ3) is 3.42. The lowest BCUT2D eigenvalue weighted by molar-refractivity contribution is 0.302. The number of hydrogen-bond donors (Lipinski definition) is 1. The summed E-state index contributed by atoms with van der Waals surface area (Å²) < 4.78 is 5.88. The van der Waals surface area contributed by atoms with E-state index in [0.29, 0.717) is 23.2 Å². The number of benzene rings is 2. The topological polar surface area (TPSA) is 35.2 Å². The number of nitrogen functional groups attached to an aromatic ring is 1. The summed E-state index contributed by atoms with van der Waals surface area (Å²) in [6.07, 6.45) is 0. The molecule has 3 heteroatoms. The molecule has 0 bridgehead atoms. The summed E-state index contributed by atoms with van der Waals surface area (Å²) in [6, 6.07) is 13.6. The molecule has 0 aliphatic heterocycles. The molecule has 0 unspecified atom stereocenters. The highest BCUT2D eigenvalue weighted by molar-refractivity contribution is 6.31. The first-order valence-electron chi connectivity index (χ1n) is 6.33. The average Bonchev–Trinajstić information content (AvgIpc) is 2.38. The van der Waals surface area contributed by atoms with Gasteiger partial charge in [-0.2, -0.15) is 0 Å². The second-order valence-electron chi connectivity index (χ2n) is 4.83. The summed E-state index contributed by atoms with van der Waals surface area (Å²) in [7, 11) is 0. The van der Waals surface area contributed by atoms with Gasteiger partial charge in [0.1, 0.15) is 12.4 Å². The molecule has 2 nitrogen and oxygen atoms in total. The molecule has 100 valence electrons. The van der Waals surface area contributed by atoms with Crippen LogP contribution in [0.15, 0.2) is 42.5 Å². The van der Waals surface area contributed by atoms with Gasteiger partial charge in [-0.1, -0.05) is 49.7 Å². The smallest absolute Gasteiger partial charge is 0.123 e. The Morgan fingerprint density at radius 3 is 2.58 bits per heavy atom. The molecule has 2 aromatic rings. The predicted molar refractivity (Wildman–Crippen MR) is 80.7 cm³/mol. The largest absolute Gasteiger partial charge is 0.489 e. The molecule has 0 amide bonds. The van der Waals surface area contributed by atoms with Crippen LogP contribution >= 0.6 is 11.6 Å². The van der Waals surface area contributed by atoms with E-state index in [1.54, 1.807) is 6.07 Å². The van der Waals surface area contributed by atoms with Crippen molar-refractivity contribution >= 4 is 17.3 Å². The van der Waals surface area contributed by atoms with Crippen LogP contribution in [0.4, 0.5) is 5.69 Å². The molecule has 19 heavy (non-hydrogen) atoms. The van der Waals surface area contributed by atoms with Gasteiger partial charge in [0.2, 0.25) is 0 Å². The molecule has 0 aliphatic rings. The maximum atomic E-state index is 6.14. The first-order valence-corrected chi connectivity index (χ1v) is 6.71. The number of nitrogens with two attached hydrogens (primary N) is 1. The SMILES string of the molecule is CC(C)c1ccccc1OCc1ccc(N)cc1Cl. The average molecular weight is 276 g/mol. The van der Waals surface area contributed by atoms with E-state index < -0.39 is 0 Å². The normalized spacial score (nSPS) is 10.7. The van der Waals surface area contributed by atoms with Crippen molar-refractivity contribution in [2.75, 3.05) is 5.73 Å². The minimum Gasteiger partial charge on any atom is -0.489 e. The van der Waals surface area contributed by atoms with E-state index in [1.807, 2.05) is 30.3 Å². The third-order valence-corrected chi connectivity index (χ3v) is 3.35. The van der Waals surface area contributed by atoms with Crippen LogP contribution in [0, 0.1) is 0 Å². The van der Waals surface area contributed by atoms with Gasteiger partial charge in [-0.3, -0.25) is 0 Å². The fourth-order valence-electron chi connectivity index (χ4n) is 1.93. The highest BCUT2D eigenvalue weighted by Crippen LogP contribution is 2.27. The Morgan fingerprint density at radius 2 is 1.89 bits per heavy atom. The van der Waals surface area contributed by atoms with Gasteiger partial charge in [0.05, 0.1) is 0 Å². The molecule has 0 saturated heterocycles. The Labute approximate surface area is 119 Å². The molecule has 0 heterocycles. The van der Waals surface area contributed by atoms with Crippen molar-refractivity contribution in [1.82, 2.24) is 0 Å². The molecule has 0 aliphatic carbocycles. The molecule has 2 N–H and O–H groups in total. The van der Waals surface area contributed by atoms with Gasteiger partial charge < -0.3 is 10.5 Å². The molecular weight excluding hydrogens is 258 g/mol. The predicted octanol–water partition coefficient (Wildman–Crippen LogP) is 4.62. The molecule has 0 fully saturated rings. The second-order valence-corrected chi connectivity index (χ2v) is 5.24. The van der Waals surface area contributed by atoms with Crippen LogP contribution < -0.4 is 10.5 Å². The number of hydrogen-bond acceptors (Lipinski definition) is 2. The maximum Gasteiger partial charge on any atom is 0.123 e. The van der Waals surface area contributed by atoms with Crippen LogP contribution in [0.3, 0.4) is 0 Å². The van der Waals surface area contributed by atoms with Gasteiger partial charge in [-0.05, 0) is 29.7 Å². The molecule has 0 atom stereocenters. The van der Waals surface area contributed by atoms with E-state index in [-0.39, 0.29) is 0 Å². The van der Waals surface area contributed by atoms with Crippen LogP contribution in [0.1, 0.15) is 30.9 Å². The molecule has 0 aromatic heterocycles. The summed E-state index contributed by atoms with van der Waals surface area (Å²) in [5, 5.41) is 0.641. The van der Waals surface area contributed by atoms with Gasteiger partial charge in [0.25, 0.3) is 0 Å². The zero-order chi connectivity index (χ0) is 13.8. The molecule has 0 radical (unpaired) electrons. The van der Waals surface area contributed by atoms with Crippen molar-refractivity contribution in [2.24, 2.45) is 0 Å². The van der Waals surface area contributed by atoms with Gasteiger partial charge in [-0.25, -0.2) is 0 Å². The van der Waals surface area contributed by atoms with Crippen molar-refractivity contribution in [2.45, 2.75) is 26.4 Å². The van der Waals surface area contributed by atoms with Gasteiger partial charge in [0.15, 0.2) is 0 Å². The van der Waals surface area contributed by atoms with E-state index in [4.69, 9.17) is 22.1 Å². The van der Waals surface area contributed by atoms with Crippen LogP contribution in [-0.4, -0.2) is 0 Å². The number of para-hydroxylation sites is 1. The summed E-state index contributed by atoms with van der Waals surface area (Å²) in [4.78, 5) is 0. The van der Waals surface area contributed by atoms with Gasteiger partial charge in [0, 0.05) is 16.3 Å². The lowest BCUT2D eigenvalue weighted by Gasteiger charge is -2.14. The fourth-order valence-corrected chi connectivity index (χ4v) is 2.17. The Balaban J connectivity index is 2.14. The van der Waals surface area contributed by atoms with Crippen LogP contribution in [0.25, 0.3) is 0 Å². The number of halogens is 1. The fraction of sp³-hybridized carbons (Fsp3) is 0.250. The van der Waals surface area contributed by atoms with E-state index >= 15 is 0 Å². The minimum absolute atomic E-state index is 0.429. The van der Waals surface area contributed by atoms with Crippen molar-refractivity contribution in [1.29, 1.82) is 0 Å². The highest BCUT2D eigenvalue weighted by Gasteiger charge is 2.08. The molecular formula is C16H18ClNO. The van der Waals surface area contributed by atoms with Crippen LogP contribution in [0.5, 0.6) is 5.75 Å². The van der Waals surface area contributed by atoms with Gasteiger partial charge >= 0.3 is 0 Å². The van der Waals surface area contributed by atoms with Crippen molar-refractivity contribution in [3.05, 3.63) is 58.6 Å². The van der Waals surface area contributed by atoms with Crippen molar-refractivity contribution < 1.29 is 4.74 Å². The second kappa shape index (κ2) is 5.98. The number of rotatable bonds is 4. The first kappa shape index (κ1) is 13.8. The summed E-state index contributed by atoms with van der Waals surface area (Å²) in [5.74, 6) is 1.34. The minimum atomic E-state index is 0.429. The van der Waals surface area contributed by atoms with Gasteiger partial charge in [-0.15, -0.1) is 0 Å². The van der Waals surface area contributed by atoms with Crippen LogP contribution in [-0.2, 0) is 6.61 Å². The van der Waals surface area contributed by atoms with E-state index in [9.17, 15) is 0 Å². The first-order chi connectivity index (χ1) is 9.08. The van der Waals surface area contributed by atoms with Crippen LogP contribution in [0.2, 0.25) is 5.02 Å². The van der Waals surface area contributed by atoms with E-state index in [1.165, 1.54) is 5.56 Å². The Bertz CT molecular complexity index is 566. The lowest BCUT2D eigenvalue weighted by Crippen LogP contribution is -2.00. The molecule has 0 saturated carbocycles. The highest BCUT2D eigenvalue weighted by atomic mass is 35.5. The van der Waals surface area contributed by atoms with E-state index in [0.717, 1.165) is 11.3 Å². The molecule has 2 rings (SSSR count). The number of ether oxygens (including phenoxy) is 1.